The lowest BCUT2D eigenvalue weighted by molar-refractivity contribution is -0.123. The molecular weight excluding hydrogens is 353 g/mol. The van der Waals surface area contributed by atoms with Crippen LogP contribution in [-0.4, -0.2) is 36.2 Å². The van der Waals surface area contributed by atoms with Crippen molar-refractivity contribution in [2.45, 2.75) is 25.5 Å². The molecule has 24 heavy (non-hydrogen) atoms. The van der Waals surface area contributed by atoms with Crippen LogP contribution < -0.4 is 10.6 Å². The van der Waals surface area contributed by atoms with E-state index in [4.69, 9.17) is 4.74 Å². The molecule has 1 aliphatic rings. The third-order valence-electron chi connectivity index (χ3n) is 3.71. The quantitative estimate of drug-likeness (QED) is 0.867. The van der Waals surface area contributed by atoms with Crippen molar-refractivity contribution in [3.8, 4) is 0 Å². The highest BCUT2D eigenvalue weighted by molar-refractivity contribution is 7.15. The number of hydrogen-bond donors (Lipinski definition) is 2. The smallest absolute Gasteiger partial charge is 0.245 e. The summed E-state index contributed by atoms with van der Waals surface area (Å²) in [5.41, 5.74) is 0.616. The molecule has 0 aliphatic carbocycles. The monoisotopic (exact) mass is 371 g/mol. The lowest BCUT2D eigenvalue weighted by Crippen LogP contribution is -2.53. The van der Waals surface area contributed by atoms with Crippen molar-refractivity contribution in [1.82, 2.24) is 10.3 Å². The van der Waals surface area contributed by atoms with Gasteiger partial charge in [-0.15, -0.1) is 23.7 Å². The van der Waals surface area contributed by atoms with E-state index in [0.29, 0.717) is 30.3 Å². The van der Waals surface area contributed by atoms with E-state index < -0.39 is 0 Å². The van der Waals surface area contributed by atoms with E-state index in [9.17, 15) is 9.18 Å². The van der Waals surface area contributed by atoms with Crippen molar-refractivity contribution < 1.29 is 13.9 Å². The summed E-state index contributed by atoms with van der Waals surface area (Å²) in [7, 11) is 0. The Kier molecular flexibility index (Phi) is 6.68. The van der Waals surface area contributed by atoms with Gasteiger partial charge in [0.05, 0.1) is 12.7 Å². The molecular formula is C16H19ClFN3O2S. The van der Waals surface area contributed by atoms with Gasteiger partial charge >= 0.3 is 0 Å². The Hall–Kier alpha value is -1.54. The van der Waals surface area contributed by atoms with Gasteiger partial charge in [0, 0.05) is 24.0 Å². The molecule has 0 spiro atoms. The van der Waals surface area contributed by atoms with Crippen molar-refractivity contribution in [3.63, 3.8) is 0 Å². The topological polar surface area (TPSA) is 63.2 Å². The molecule has 0 saturated carbocycles. The number of benzene rings is 1. The van der Waals surface area contributed by atoms with Gasteiger partial charge < -0.3 is 15.4 Å². The molecule has 1 fully saturated rings. The van der Waals surface area contributed by atoms with Gasteiger partial charge in [0.25, 0.3) is 0 Å². The minimum Gasteiger partial charge on any atom is -0.375 e. The lowest BCUT2D eigenvalue weighted by Gasteiger charge is -2.28. The Labute approximate surface area is 150 Å². The van der Waals surface area contributed by atoms with Crippen molar-refractivity contribution in [2.24, 2.45) is 0 Å². The van der Waals surface area contributed by atoms with Crippen LogP contribution in [0.25, 0.3) is 0 Å². The fraction of sp³-hybridized carbons (Fsp3) is 0.375. The van der Waals surface area contributed by atoms with Crippen LogP contribution in [0.5, 0.6) is 0 Å². The van der Waals surface area contributed by atoms with Crippen molar-refractivity contribution in [3.05, 3.63) is 46.7 Å². The van der Waals surface area contributed by atoms with Crippen LogP contribution in [0.15, 0.2) is 30.5 Å². The maximum atomic E-state index is 13.7. The number of aromatic nitrogens is 1. The summed E-state index contributed by atoms with van der Waals surface area (Å²) in [6, 6.07) is 6.27. The van der Waals surface area contributed by atoms with E-state index >= 15 is 0 Å². The summed E-state index contributed by atoms with van der Waals surface area (Å²) in [4.78, 5) is 17.3. The van der Waals surface area contributed by atoms with Gasteiger partial charge in [0.2, 0.25) is 5.91 Å². The number of carbonyl (C=O) groups is 1. The molecule has 1 aliphatic heterocycles. The zero-order chi connectivity index (χ0) is 16.2. The number of anilines is 1. The van der Waals surface area contributed by atoms with Gasteiger partial charge in [-0.05, 0) is 18.6 Å². The number of halogens is 2. The molecule has 1 saturated heterocycles. The number of ether oxygens (including phenoxy) is 1. The first-order valence-electron chi connectivity index (χ1n) is 7.47. The third kappa shape index (κ3) is 4.51. The van der Waals surface area contributed by atoms with Crippen LogP contribution in [0.1, 0.15) is 17.4 Å². The van der Waals surface area contributed by atoms with Crippen molar-refractivity contribution in [2.75, 3.05) is 18.5 Å². The Morgan fingerprint density at radius 2 is 2.29 bits per heavy atom. The summed E-state index contributed by atoms with van der Waals surface area (Å²) in [5.74, 6) is -0.396. The number of hydrogen-bond acceptors (Lipinski definition) is 5. The lowest BCUT2D eigenvalue weighted by atomic mass is 10.1. The summed E-state index contributed by atoms with van der Waals surface area (Å²) < 4.78 is 19.1. The zero-order valence-corrected chi connectivity index (χ0v) is 14.8. The fourth-order valence-electron chi connectivity index (χ4n) is 2.49. The van der Waals surface area contributed by atoms with Crippen LogP contribution in [0, 0.1) is 5.82 Å². The van der Waals surface area contributed by atoms with Gasteiger partial charge in [-0.3, -0.25) is 4.79 Å². The van der Waals surface area contributed by atoms with Crippen molar-refractivity contribution in [1.29, 1.82) is 0 Å². The molecule has 0 radical (unpaired) electrons. The Bertz CT molecular complexity index is 697. The van der Waals surface area contributed by atoms with Gasteiger partial charge in [-0.2, -0.15) is 0 Å². The molecule has 2 N–H and O–H groups in total. The molecule has 1 aromatic carbocycles. The van der Waals surface area contributed by atoms with E-state index in [1.54, 1.807) is 24.4 Å². The van der Waals surface area contributed by atoms with Gasteiger partial charge in [0.15, 0.2) is 5.13 Å². The van der Waals surface area contributed by atoms with Crippen LogP contribution in [0.2, 0.25) is 0 Å². The van der Waals surface area contributed by atoms with E-state index in [1.807, 2.05) is 6.92 Å². The maximum absolute atomic E-state index is 13.7. The maximum Gasteiger partial charge on any atom is 0.245 e. The molecule has 8 heteroatoms. The summed E-state index contributed by atoms with van der Waals surface area (Å²) in [5, 5.41) is 6.44. The van der Waals surface area contributed by atoms with E-state index in [-0.39, 0.29) is 36.3 Å². The number of morpholine rings is 1. The highest BCUT2D eigenvalue weighted by atomic mass is 35.5. The first-order valence-corrected chi connectivity index (χ1v) is 8.29. The number of nitrogens with one attached hydrogen (secondary N) is 2. The molecule has 2 heterocycles. The standard InChI is InChI=1S/C16H18FN3O2S.ClH/c1-10-14(18-6-7-22-10)15(21)20-16-19-9-12(23-16)8-11-4-2-3-5-13(11)17;/h2-5,9-10,14,18H,6-8H2,1H3,(H,19,20,21);1H/t10-,14+;/m1./s1. The van der Waals surface area contributed by atoms with E-state index in [2.05, 4.69) is 15.6 Å². The number of thiazole rings is 1. The number of amides is 1. The highest BCUT2D eigenvalue weighted by Crippen LogP contribution is 2.22. The third-order valence-corrected chi connectivity index (χ3v) is 4.62. The van der Waals surface area contributed by atoms with Crippen LogP contribution in [0.4, 0.5) is 9.52 Å². The molecule has 0 bridgehead atoms. The largest absolute Gasteiger partial charge is 0.375 e. The second-order valence-corrected chi connectivity index (χ2v) is 6.51. The van der Waals surface area contributed by atoms with Gasteiger partial charge in [0.1, 0.15) is 11.9 Å². The second kappa shape index (κ2) is 8.53. The fourth-order valence-corrected chi connectivity index (χ4v) is 3.33. The van der Waals surface area contributed by atoms with E-state index in [1.165, 1.54) is 17.4 Å². The van der Waals surface area contributed by atoms with Crippen LogP contribution >= 0.6 is 23.7 Å². The predicted molar refractivity (Wildman–Crippen MR) is 94.4 cm³/mol. The molecule has 130 valence electrons. The zero-order valence-electron chi connectivity index (χ0n) is 13.1. The molecule has 3 rings (SSSR count). The highest BCUT2D eigenvalue weighted by Gasteiger charge is 2.28. The van der Waals surface area contributed by atoms with E-state index in [0.717, 1.165) is 4.88 Å². The summed E-state index contributed by atoms with van der Waals surface area (Å²) in [6.07, 6.45) is 1.95. The average Bonchev–Trinajstić information content (AvgIpc) is 2.97. The molecule has 1 amide bonds. The number of rotatable bonds is 4. The molecule has 1 aromatic heterocycles. The number of carbonyl (C=O) groups excluding carboxylic acids is 1. The Balaban J connectivity index is 0.00000208. The van der Waals surface area contributed by atoms with Crippen molar-refractivity contribution >= 4 is 34.8 Å². The average molecular weight is 372 g/mol. The first kappa shape index (κ1) is 18.8. The minimum absolute atomic E-state index is 0. The molecule has 0 unspecified atom stereocenters. The Morgan fingerprint density at radius 1 is 1.50 bits per heavy atom. The summed E-state index contributed by atoms with van der Waals surface area (Å²) in [6.45, 7) is 3.12. The SMILES string of the molecule is C[C@H]1OCCN[C@@H]1C(=O)Nc1ncc(Cc2ccccc2F)s1.Cl. The molecule has 2 aromatic rings. The number of nitrogens with zero attached hydrogens (tertiary/aromatic N) is 1. The van der Waals surface area contributed by atoms with Crippen LogP contribution in [-0.2, 0) is 16.0 Å². The summed E-state index contributed by atoms with van der Waals surface area (Å²) >= 11 is 1.35. The minimum atomic E-state index is -0.386. The molecule has 5 nitrogen and oxygen atoms in total. The first-order chi connectivity index (χ1) is 11.1. The van der Waals surface area contributed by atoms with Gasteiger partial charge in [-0.25, -0.2) is 9.37 Å². The van der Waals surface area contributed by atoms with Gasteiger partial charge in [-0.1, -0.05) is 18.2 Å². The molecule has 2 atom stereocenters. The van der Waals surface area contributed by atoms with Crippen LogP contribution in [0.3, 0.4) is 0 Å². The predicted octanol–water partition coefficient (Wildman–Crippen LogP) is 2.61. The normalized spacial score (nSPS) is 20.2. The second-order valence-electron chi connectivity index (χ2n) is 5.40. The Morgan fingerprint density at radius 3 is 3.04 bits per heavy atom.